The van der Waals surface area contributed by atoms with Crippen LogP contribution in [0.4, 0.5) is 10.1 Å². The molecule has 1 N–H and O–H groups in total. The largest absolute Gasteiger partial charge is 0.497 e. The van der Waals surface area contributed by atoms with Gasteiger partial charge in [0.05, 0.1) is 31.9 Å². The topological polar surface area (TPSA) is 67.9 Å². The highest BCUT2D eigenvalue weighted by atomic mass is 19.1. The number of methoxy groups -OCH3 is 2. The van der Waals surface area contributed by atoms with Gasteiger partial charge in [-0.3, -0.25) is 9.59 Å². The minimum Gasteiger partial charge on any atom is -0.497 e. The molecule has 7 heteroatoms. The molecule has 1 aliphatic heterocycles. The fraction of sp³-hybridized carbons (Fsp3) is 0.333. The second kappa shape index (κ2) is 8.29. The summed E-state index contributed by atoms with van der Waals surface area (Å²) in [5, 5.41) is 2.81. The molecule has 0 spiro atoms. The Morgan fingerprint density at radius 3 is 2.64 bits per heavy atom. The molecule has 148 valence electrons. The van der Waals surface area contributed by atoms with E-state index < -0.39 is 12.0 Å². The van der Waals surface area contributed by atoms with Gasteiger partial charge in [-0.1, -0.05) is 18.2 Å². The Morgan fingerprint density at radius 2 is 1.96 bits per heavy atom. The third-order valence-electron chi connectivity index (χ3n) is 4.90. The normalized spacial score (nSPS) is 17.4. The third-order valence-corrected chi connectivity index (χ3v) is 4.90. The van der Waals surface area contributed by atoms with E-state index in [-0.39, 0.29) is 30.6 Å². The second-order valence-electron chi connectivity index (χ2n) is 6.69. The van der Waals surface area contributed by atoms with Gasteiger partial charge in [-0.25, -0.2) is 4.39 Å². The van der Waals surface area contributed by atoms with Gasteiger partial charge in [-0.15, -0.1) is 0 Å². The zero-order chi connectivity index (χ0) is 20.3. The molecule has 1 heterocycles. The maximum absolute atomic E-state index is 13.9. The molecule has 2 aromatic carbocycles. The summed E-state index contributed by atoms with van der Waals surface area (Å²) in [6, 6.07) is 11.0. The van der Waals surface area contributed by atoms with E-state index in [0.717, 1.165) is 0 Å². The predicted molar refractivity (Wildman–Crippen MR) is 103 cm³/mol. The second-order valence-corrected chi connectivity index (χ2v) is 6.69. The summed E-state index contributed by atoms with van der Waals surface area (Å²) in [6.45, 7) is 1.94. The van der Waals surface area contributed by atoms with Crippen LogP contribution in [0.25, 0.3) is 0 Å². The van der Waals surface area contributed by atoms with Crippen molar-refractivity contribution in [2.45, 2.75) is 19.4 Å². The fourth-order valence-electron chi connectivity index (χ4n) is 3.36. The molecular weight excluding hydrogens is 363 g/mol. The van der Waals surface area contributed by atoms with Crippen LogP contribution in [0.15, 0.2) is 42.5 Å². The Morgan fingerprint density at radius 1 is 1.21 bits per heavy atom. The molecule has 6 nitrogen and oxygen atoms in total. The van der Waals surface area contributed by atoms with Crippen molar-refractivity contribution in [2.24, 2.45) is 5.92 Å². The van der Waals surface area contributed by atoms with E-state index in [1.54, 1.807) is 43.3 Å². The zero-order valence-corrected chi connectivity index (χ0v) is 16.1. The van der Waals surface area contributed by atoms with Crippen molar-refractivity contribution in [3.8, 4) is 11.5 Å². The molecule has 0 saturated carbocycles. The van der Waals surface area contributed by atoms with Gasteiger partial charge in [0.15, 0.2) is 0 Å². The summed E-state index contributed by atoms with van der Waals surface area (Å²) in [5.41, 5.74) is 0.968. The van der Waals surface area contributed by atoms with Crippen LogP contribution >= 0.6 is 0 Å². The van der Waals surface area contributed by atoms with Crippen molar-refractivity contribution >= 4 is 17.5 Å². The Kier molecular flexibility index (Phi) is 5.82. The molecule has 0 radical (unpaired) electrons. The predicted octanol–water partition coefficient (Wildman–Crippen LogP) is 3.07. The maximum atomic E-state index is 13.9. The van der Waals surface area contributed by atoms with Crippen LogP contribution in [0.5, 0.6) is 11.5 Å². The summed E-state index contributed by atoms with van der Waals surface area (Å²) in [5.74, 6) is -0.253. The Balaban J connectivity index is 1.74. The van der Waals surface area contributed by atoms with E-state index in [0.29, 0.717) is 22.7 Å². The molecule has 0 aliphatic carbocycles. The van der Waals surface area contributed by atoms with E-state index >= 15 is 0 Å². The van der Waals surface area contributed by atoms with Gasteiger partial charge in [-0.2, -0.15) is 0 Å². The Bertz CT molecular complexity index is 886. The molecule has 0 bridgehead atoms. The van der Waals surface area contributed by atoms with E-state index in [2.05, 4.69) is 5.32 Å². The van der Waals surface area contributed by atoms with E-state index in [1.807, 2.05) is 0 Å². The minimum absolute atomic E-state index is 0.0796. The average molecular weight is 386 g/mol. The molecule has 2 atom stereocenters. The first-order valence-corrected chi connectivity index (χ1v) is 9.01. The van der Waals surface area contributed by atoms with Crippen LogP contribution < -0.4 is 19.7 Å². The number of ether oxygens (including phenoxy) is 2. The molecule has 2 amide bonds. The van der Waals surface area contributed by atoms with Crippen LogP contribution in [0.2, 0.25) is 0 Å². The number of nitrogens with one attached hydrogen (secondary N) is 1. The molecule has 1 fully saturated rings. The van der Waals surface area contributed by atoms with Gasteiger partial charge in [-0.05, 0) is 25.1 Å². The highest BCUT2D eigenvalue weighted by Gasteiger charge is 2.37. The summed E-state index contributed by atoms with van der Waals surface area (Å²) in [7, 11) is 3.06. The van der Waals surface area contributed by atoms with Crippen LogP contribution in [0.3, 0.4) is 0 Å². The molecule has 0 aromatic heterocycles. The smallest absolute Gasteiger partial charge is 0.227 e. The van der Waals surface area contributed by atoms with Gasteiger partial charge in [0, 0.05) is 24.6 Å². The summed E-state index contributed by atoms with van der Waals surface area (Å²) >= 11 is 0. The van der Waals surface area contributed by atoms with Crippen molar-refractivity contribution in [1.29, 1.82) is 0 Å². The number of hydrogen-bond donors (Lipinski definition) is 1. The summed E-state index contributed by atoms with van der Waals surface area (Å²) in [6.07, 6.45) is 0.0796. The number of carbonyl (C=O) groups excluding carboxylic acids is 2. The number of carbonyl (C=O) groups is 2. The molecule has 2 aromatic rings. The van der Waals surface area contributed by atoms with Gasteiger partial charge in [0.2, 0.25) is 11.8 Å². The lowest BCUT2D eigenvalue weighted by Gasteiger charge is -2.21. The number of benzene rings is 2. The summed E-state index contributed by atoms with van der Waals surface area (Å²) < 4.78 is 24.5. The van der Waals surface area contributed by atoms with Gasteiger partial charge < -0.3 is 19.7 Å². The van der Waals surface area contributed by atoms with Crippen molar-refractivity contribution in [3.05, 3.63) is 53.8 Å². The molecule has 3 rings (SSSR count). The highest BCUT2D eigenvalue weighted by Crippen LogP contribution is 2.36. The highest BCUT2D eigenvalue weighted by molar-refractivity contribution is 6.01. The third kappa shape index (κ3) is 3.93. The standard InChI is InChI=1S/C21H23FN2O4/c1-13(16-6-4-5-7-17(16)22)23-21(26)14-10-20(25)24(12-14)18-11-15(27-2)8-9-19(18)28-3/h4-9,11,13-14H,10,12H2,1-3H3,(H,23,26)/t13-,14-/m0/s1. The number of rotatable bonds is 6. The molecule has 1 saturated heterocycles. The molecule has 1 aliphatic rings. The van der Waals surface area contributed by atoms with Gasteiger partial charge in [0.25, 0.3) is 0 Å². The van der Waals surface area contributed by atoms with Crippen LogP contribution in [-0.2, 0) is 9.59 Å². The van der Waals surface area contributed by atoms with Gasteiger partial charge in [0.1, 0.15) is 17.3 Å². The number of halogens is 1. The van der Waals surface area contributed by atoms with Crippen LogP contribution in [-0.4, -0.2) is 32.6 Å². The number of anilines is 1. The van der Waals surface area contributed by atoms with Crippen LogP contribution in [0.1, 0.15) is 24.9 Å². The molecule has 0 unspecified atom stereocenters. The Hall–Kier alpha value is -3.09. The quantitative estimate of drug-likeness (QED) is 0.829. The fourth-order valence-corrected chi connectivity index (χ4v) is 3.36. The summed E-state index contributed by atoms with van der Waals surface area (Å²) in [4.78, 5) is 26.8. The number of nitrogens with zero attached hydrogens (tertiary/aromatic N) is 1. The van der Waals surface area contributed by atoms with Crippen molar-refractivity contribution < 1.29 is 23.5 Å². The Labute approximate surface area is 163 Å². The van der Waals surface area contributed by atoms with E-state index in [9.17, 15) is 14.0 Å². The zero-order valence-electron chi connectivity index (χ0n) is 16.1. The molecular formula is C21H23FN2O4. The lowest BCUT2D eigenvalue weighted by atomic mass is 10.0. The minimum atomic E-state index is -0.530. The van der Waals surface area contributed by atoms with E-state index in [4.69, 9.17) is 9.47 Å². The lowest BCUT2D eigenvalue weighted by molar-refractivity contribution is -0.126. The molecule has 28 heavy (non-hydrogen) atoms. The first-order valence-electron chi connectivity index (χ1n) is 9.01. The first kappa shape index (κ1) is 19.7. The van der Waals surface area contributed by atoms with Gasteiger partial charge >= 0.3 is 0 Å². The SMILES string of the molecule is COc1ccc(OC)c(N2C[C@@H](C(=O)N[C@@H](C)c3ccccc3F)CC2=O)c1. The van der Waals surface area contributed by atoms with E-state index in [1.165, 1.54) is 25.2 Å². The average Bonchev–Trinajstić information content (AvgIpc) is 3.09. The first-order chi connectivity index (χ1) is 13.4. The van der Waals surface area contributed by atoms with Crippen molar-refractivity contribution in [1.82, 2.24) is 5.32 Å². The number of amides is 2. The number of hydrogen-bond acceptors (Lipinski definition) is 4. The monoisotopic (exact) mass is 386 g/mol. The van der Waals surface area contributed by atoms with Crippen LogP contribution in [0, 0.1) is 11.7 Å². The van der Waals surface area contributed by atoms with Crippen molar-refractivity contribution in [2.75, 3.05) is 25.7 Å². The van der Waals surface area contributed by atoms with Crippen molar-refractivity contribution in [3.63, 3.8) is 0 Å². The lowest BCUT2D eigenvalue weighted by Crippen LogP contribution is -2.35. The maximum Gasteiger partial charge on any atom is 0.227 e.